The van der Waals surface area contributed by atoms with Crippen molar-refractivity contribution in [2.45, 2.75) is 39.3 Å². The van der Waals surface area contributed by atoms with Gasteiger partial charge in [-0.1, -0.05) is 31.0 Å². The van der Waals surface area contributed by atoms with Crippen LogP contribution in [0, 0.1) is 0 Å². The van der Waals surface area contributed by atoms with Crippen molar-refractivity contribution in [3.05, 3.63) is 52.3 Å². The van der Waals surface area contributed by atoms with Crippen LogP contribution >= 0.6 is 11.6 Å². The summed E-state index contributed by atoms with van der Waals surface area (Å²) in [6, 6.07) is 7.01. The first kappa shape index (κ1) is 17.5. The summed E-state index contributed by atoms with van der Waals surface area (Å²) in [5.74, 6) is -0.338. The molecule has 132 valence electrons. The first-order chi connectivity index (χ1) is 12.0. The van der Waals surface area contributed by atoms with E-state index >= 15 is 0 Å². The molecule has 3 aromatic rings. The summed E-state index contributed by atoms with van der Waals surface area (Å²) >= 11 is 6.16. The van der Waals surface area contributed by atoms with Crippen molar-refractivity contribution >= 4 is 28.5 Å². The summed E-state index contributed by atoms with van der Waals surface area (Å²) in [4.78, 5) is 15.4. The predicted molar refractivity (Wildman–Crippen MR) is 94.0 cm³/mol. The zero-order chi connectivity index (χ0) is 18.0. The molecule has 0 spiro atoms. The number of nitrogens with zero attached hydrogens (tertiary/aromatic N) is 2. The summed E-state index contributed by atoms with van der Waals surface area (Å²) in [5, 5.41) is 19.7. The first-order valence-electron chi connectivity index (χ1n) is 8.13. The van der Waals surface area contributed by atoms with E-state index < -0.39 is 5.97 Å². The van der Waals surface area contributed by atoms with Crippen LogP contribution in [0.1, 0.15) is 47.4 Å². The normalized spacial score (nSPS) is 11.3. The molecule has 2 aromatic heterocycles. The third-order valence-corrected chi connectivity index (χ3v) is 4.44. The molecule has 0 aliphatic heterocycles. The standard InChI is InChI=1S/C18H19ClN2O4/c1-2-3-4-16-20-17(19)13(10-22)21(16)9-11-5-6-14-12(7-11)8-15(25-14)18(23)24/h5-8,22H,2-4,9-10H2,1H3,(H,23,24). The average molecular weight is 363 g/mol. The number of aliphatic hydroxyl groups is 1. The first-order valence-corrected chi connectivity index (χ1v) is 8.51. The van der Waals surface area contributed by atoms with Crippen molar-refractivity contribution in [1.82, 2.24) is 9.55 Å². The number of carboxylic acid groups (broad SMARTS) is 1. The Bertz CT molecular complexity index is 913. The van der Waals surface area contributed by atoms with E-state index in [1.165, 1.54) is 6.07 Å². The molecule has 1 aromatic carbocycles. The fourth-order valence-electron chi connectivity index (χ4n) is 2.85. The number of fused-ring (bicyclic) bond motifs is 1. The van der Waals surface area contributed by atoms with Gasteiger partial charge in [-0.2, -0.15) is 0 Å². The van der Waals surface area contributed by atoms with Crippen molar-refractivity contribution in [1.29, 1.82) is 0 Å². The van der Waals surface area contributed by atoms with Crippen molar-refractivity contribution in [2.75, 3.05) is 0 Å². The van der Waals surface area contributed by atoms with Gasteiger partial charge < -0.3 is 19.2 Å². The number of imidazole rings is 1. The lowest BCUT2D eigenvalue weighted by Gasteiger charge is -2.11. The molecular formula is C18H19ClN2O4. The van der Waals surface area contributed by atoms with Gasteiger partial charge in [0.2, 0.25) is 5.76 Å². The minimum atomic E-state index is -1.09. The maximum absolute atomic E-state index is 11.0. The lowest BCUT2D eigenvalue weighted by atomic mass is 10.1. The van der Waals surface area contributed by atoms with Crippen LogP contribution < -0.4 is 0 Å². The number of unbranched alkanes of at least 4 members (excludes halogenated alkanes) is 1. The van der Waals surface area contributed by atoms with Crippen LogP contribution in [0.4, 0.5) is 0 Å². The van der Waals surface area contributed by atoms with Gasteiger partial charge in [-0.15, -0.1) is 0 Å². The average Bonchev–Trinajstić information content (AvgIpc) is 3.13. The Hall–Kier alpha value is -2.31. The van der Waals surface area contributed by atoms with E-state index in [0.717, 1.165) is 36.0 Å². The highest BCUT2D eigenvalue weighted by Crippen LogP contribution is 2.24. The van der Waals surface area contributed by atoms with E-state index in [0.29, 0.717) is 23.0 Å². The molecule has 0 saturated carbocycles. The molecule has 0 aliphatic rings. The molecule has 2 heterocycles. The molecule has 0 aliphatic carbocycles. The molecule has 0 bridgehead atoms. The lowest BCUT2D eigenvalue weighted by Crippen LogP contribution is -2.09. The topological polar surface area (TPSA) is 88.5 Å². The van der Waals surface area contributed by atoms with Crippen LogP contribution in [-0.4, -0.2) is 25.7 Å². The molecule has 0 saturated heterocycles. The number of hydrogen-bond donors (Lipinski definition) is 2. The Morgan fingerprint density at radius 1 is 1.36 bits per heavy atom. The van der Waals surface area contributed by atoms with E-state index in [4.69, 9.17) is 21.1 Å². The van der Waals surface area contributed by atoms with Crippen LogP contribution in [-0.2, 0) is 19.6 Å². The van der Waals surface area contributed by atoms with Gasteiger partial charge in [-0.05, 0) is 30.2 Å². The zero-order valence-electron chi connectivity index (χ0n) is 13.8. The number of carboxylic acids is 1. The van der Waals surface area contributed by atoms with Gasteiger partial charge in [0, 0.05) is 18.4 Å². The van der Waals surface area contributed by atoms with Crippen LogP contribution in [0.5, 0.6) is 0 Å². The number of aliphatic hydroxyl groups excluding tert-OH is 1. The monoisotopic (exact) mass is 362 g/mol. The van der Waals surface area contributed by atoms with Crippen molar-refractivity contribution < 1.29 is 19.4 Å². The minimum absolute atomic E-state index is 0.0856. The molecule has 2 N–H and O–H groups in total. The van der Waals surface area contributed by atoms with E-state index in [2.05, 4.69) is 11.9 Å². The van der Waals surface area contributed by atoms with Gasteiger partial charge in [-0.25, -0.2) is 9.78 Å². The number of aromatic carboxylic acids is 1. The molecule has 0 amide bonds. The van der Waals surface area contributed by atoms with Crippen LogP contribution in [0.3, 0.4) is 0 Å². The highest BCUT2D eigenvalue weighted by Gasteiger charge is 2.16. The molecule has 0 fully saturated rings. The van der Waals surface area contributed by atoms with E-state index in [1.807, 2.05) is 16.7 Å². The van der Waals surface area contributed by atoms with Crippen LogP contribution in [0.2, 0.25) is 5.15 Å². The van der Waals surface area contributed by atoms with Gasteiger partial charge >= 0.3 is 5.97 Å². The smallest absolute Gasteiger partial charge is 0.371 e. The van der Waals surface area contributed by atoms with Crippen LogP contribution in [0.25, 0.3) is 11.0 Å². The third kappa shape index (κ3) is 3.55. The minimum Gasteiger partial charge on any atom is -0.475 e. The maximum Gasteiger partial charge on any atom is 0.371 e. The van der Waals surface area contributed by atoms with Gasteiger partial charge in [0.25, 0.3) is 0 Å². The molecule has 3 rings (SSSR count). The van der Waals surface area contributed by atoms with Crippen molar-refractivity contribution in [3.63, 3.8) is 0 Å². The highest BCUT2D eigenvalue weighted by atomic mass is 35.5. The summed E-state index contributed by atoms with van der Waals surface area (Å²) in [6.45, 7) is 2.42. The number of halogens is 1. The second-order valence-electron chi connectivity index (χ2n) is 5.90. The number of hydrogen-bond acceptors (Lipinski definition) is 4. The number of aromatic nitrogens is 2. The predicted octanol–water partition coefficient (Wildman–Crippen LogP) is 3.86. The largest absolute Gasteiger partial charge is 0.475 e. The lowest BCUT2D eigenvalue weighted by molar-refractivity contribution is 0.0665. The molecule has 0 unspecified atom stereocenters. The van der Waals surface area contributed by atoms with Gasteiger partial charge in [0.15, 0.2) is 5.15 Å². The molecule has 6 nitrogen and oxygen atoms in total. The number of benzene rings is 1. The number of rotatable bonds is 7. The molecule has 7 heteroatoms. The summed E-state index contributed by atoms with van der Waals surface area (Å²) < 4.78 is 7.21. The van der Waals surface area contributed by atoms with E-state index in [9.17, 15) is 9.90 Å². The third-order valence-electron chi connectivity index (χ3n) is 4.14. The molecule has 25 heavy (non-hydrogen) atoms. The van der Waals surface area contributed by atoms with E-state index in [-0.39, 0.29) is 12.4 Å². The number of furan rings is 1. The molecule has 0 atom stereocenters. The van der Waals surface area contributed by atoms with Crippen molar-refractivity contribution in [2.24, 2.45) is 0 Å². The van der Waals surface area contributed by atoms with Gasteiger partial charge in [-0.3, -0.25) is 0 Å². The fraction of sp³-hybridized carbons (Fsp3) is 0.333. The Kier molecular flexibility index (Phi) is 5.11. The Labute approximate surface area is 149 Å². The fourth-order valence-corrected chi connectivity index (χ4v) is 3.11. The second-order valence-corrected chi connectivity index (χ2v) is 6.26. The van der Waals surface area contributed by atoms with Crippen LogP contribution in [0.15, 0.2) is 28.7 Å². The maximum atomic E-state index is 11.0. The number of aryl methyl sites for hydroxylation is 1. The molecule has 0 radical (unpaired) electrons. The van der Waals surface area contributed by atoms with Crippen molar-refractivity contribution in [3.8, 4) is 0 Å². The number of carbonyl (C=O) groups is 1. The summed E-state index contributed by atoms with van der Waals surface area (Å²) in [7, 11) is 0. The SMILES string of the molecule is CCCCc1nc(Cl)c(CO)n1Cc1ccc2oc(C(=O)O)cc2c1. The quantitative estimate of drug-likeness (QED) is 0.666. The Morgan fingerprint density at radius 3 is 2.84 bits per heavy atom. The van der Waals surface area contributed by atoms with E-state index in [1.54, 1.807) is 6.07 Å². The van der Waals surface area contributed by atoms with Gasteiger partial charge in [0.05, 0.1) is 12.3 Å². The molecular weight excluding hydrogens is 344 g/mol. The highest BCUT2D eigenvalue weighted by molar-refractivity contribution is 6.30. The second kappa shape index (κ2) is 7.29. The summed E-state index contributed by atoms with van der Waals surface area (Å²) in [6.07, 6.45) is 2.81. The Morgan fingerprint density at radius 2 is 2.16 bits per heavy atom. The zero-order valence-corrected chi connectivity index (χ0v) is 14.6. The van der Waals surface area contributed by atoms with Gasteiger partial charge in [0.1, 0.15) is 11.4 Å². The summed E-state index contributed by atoms with van der Waals surface area (Å²) in [5.41, 5.74) is 2.07. The Balaban J connectivity index is 1.95.